The molecule has 0 radical (unpaired) electrons. The highest BCUT2D eigenvalue weighted by Gasteiger charge is 2.34. The van der Waals surface area contributed by atoms with Crippen molar-refractivity contribution in [2.45, 2.75) is 0 Å². The Kier molecular flexibility index (Phi) is 2.44. The summed E-state index contributed by atoms with van der Waals surface area (Å²) in [7, 11) is 0. The topological polar surface area (TPSA) is 91.7 Å². The van der Waals surface area contributed by atoms with Gasteiger partial charge in [0.05, 0.1) is 11.1 Å². The summed E-state index contributed by atoms with van der Waals surface area (Å²) in [6, 6.07) is 9.00. The Bertz CT molecular complexity index is 723. The normalized spacial score (nSPS) is 11.9. The Hall–Kier alpha value is -2.95. The van der Waals surface area contributed by atoms with E-state index in [0.29, 0.717) is 11.1 Å². The minimum atomic E-state index is -1.21. The average Bonchev–Trinajstić information content (AvgIpc) is 2.72. The number of hydrogen-bond donors (Lipinski definition) is 2. The maximum Gasteiger partial charge on any atom is 0.336 e. The molecule has 1 aliphatic rings. The van der Waals surface area contributed by atoms with Gasteiger partial charge in [-0.1, -0.05) is 24.3 Å². The van der Waals surface area contributed by atoms with Crippen molar-refractivity contribution in [3.05, 3.63) is 58.7 Å². The Morgan fingerprint density at radius 1 is 0.750 bits per heavy atom. The lowest BCUT2D eigenvalue weighted by atomic mass is 10.0. The number of carboxylic acids is 2. The molecule has 2 aromatic rings. The third-order valence-corrected chi connectivity index (χ3v) is 3.33. The first-order valence-electron chi connectivity index (χ1n) is 5.80. The monoisotopic (exact) mass is 268 g/mol. The van der Waals surface area contributed by atoms with Gasteiger partial charge in [0.1, 0.15) is 0 Å². The van der Waals surface area contributed by atoms with Crippen LogP contribution in [0.4, 0.5) is 0 Å². The number of benzene rings is 2. The molecule has 3 rings (SSSR count). The quantitative estimate of drug-likeness (QED) is 0.744. The smallest absolute Gasteiger partial charge is 0.336 e. The van der Waals surface area contributed by atoms with E-state index in [1.54, 1.807) is 12.1 Å². The van der Waals surface area contributed by atoms with Gasteiger partial charge in [-0.05, 0) is 23.3 Å². The predicted octanol–water partition coefficient (Wildman–Crippen LogP) is 2.29. The molecule has 2 aromatic carbocycles. The second-order valence-electron chi connectivity index (χ2n) is 4.40. The van der Waals surface area contributed by atoms with Gasteiger partial charge >= 0.3 is 11.9 Å². The van der Waals surface area contributed by atoms with Crippen LogP contribution in [0.2, 0.25) is 0 Å². The minimum Gasteiger partial charge on any atom is -0.478 e. The first-order chi connectivity index (χ1) is 9.52. The average molecular weight is 268 g/mol. The molecule has 0 saturated heterocycles. The lowest BCUT2D eigenvalue weighted by Crippen LogP contribution is -2.09. The number of aromatic carboxylic acids is 2. The van der Waals surface area contributed by atoms with Crippen LogP contribution in [0.3, 0.4) is 0 Å². The van der Waals surface area contributed by atoms with Crippen molar-refractivity contribution in [2.24, 2.45) is 0 Å². The van der Waals surface area contributed by atoms with Crippen LogP contribution in [0.15, 0.2) is 36.4 Å². The molecule has 20 heavy (non-hydrogen) atoms. The van der Waals surface area contributed by atoms with Crippen molar-refractivity contribution in [3.63, 3.8) is 0 Å². The van der Waals surface area contributed by atoms with Crippen LogP contribution in [0.1, 0.15) is 36.6 Å². The molecule has 5 heteroatoms. The third-order valence-electron chi connectivity index (χ3n) is 3.33. The summed E-state index contributed by atoms with van der Waals surface area (Å²) in [6.07, 6.45) is 0. The molecular weight excluding hydrogens is 260 g/mol. The zero-order valence-corrected chi connectivity index (χ0v) is 10.1. The van der Waals surface area contributed by atoms with E-state index in [4.69, 9.17) is 10.2 Å². The van der Waals surface area contributed by atoms with Crippen molar-refractivity contribution in [1.82, 2.24) is 0 Å². The van der Waals surface area contributed by atoms with Crippen molar-refractivity contribution in [3.8, 4) is 11.1 Å². The van der Waals surface area contributed by atoms with E-state index < -0.39 is 17.7 Å². The van der Waals surface area contributed by atoms with Crippen LogP contribution in [0.25, 0.3) is 11.1 Å². The van der Waals surface area contributed by atoms with Gasteiger partial charge in [0.25, 0.3) is 0 Å². The van der Waals surface area contributed by atoms with Gasteiger partial charge in [-0.15, -0.1) is 0 Å². The van der Waals surface area contributed by atoms with Gasteiger partial charge in [-0.25, -0.2) is 9.59 Å². The van der Waals surface area contributed by atoms with E-state index in [-0.39, 0.29) is 22.3 Å². The van der Waals surface area contributed by atoms with Crippen LogP contribution in [-0.4, -0.2) is 27.9 Å². The van der Waals surface area contributed by atoms with Gasteiger partial charge in [-0.3, -0.25) is 4.79 Å². The van der Waals surface area contributed by atoms with Crippen molar-refractivity contribution in [1.29, 1.82) is 0 Å². The lowest BCUT2D eigenvalue weighted by Gasteiger charge is -2.02. The van der Waals surface area contributed by atoms with Crippen LogP contribution in [0, 0.1) is 0 Å². The second-order valence-corrected chi connectivity index (χ2v) is 4.40. The molecule has 0 amide bonds. The van der Waals surface area contributed by atoms with Crippen molar-refractivity contribution >= 4 is 17.7 Å². The van der Waals surface area contributed by atoms with Crippen LogP contribution < -0.4 is 0 Å². The number of ketones is 1. The van der Waals surface area contributed by atoms with E-state index in [0.717, 1.165) is 0 Å². The van der Waals surface area contributed by atoms with Crippen LogP contribution in [-0.2, 0) is 0 Å². The molecule has 0 aliphatic heterocycles. The summed E-state index contributed by atoms with van der Waals surface area (Å²) in [5.74, 6) is -2.97. The summed E-state index contributed by atoms with van der Waals surface area (Å²) >= 11 is 0. The molecule has 0 aromatic heterocycles. The van der Waals surface area contributed by atoms with Gasteiger partial charge in [0.2, 0.25) is 0 Å². The molecule has 0 bridgehead atoms. The fraction of sp³-hybridized carbons (Fsp3) is 0. The maximum atomic E-state index is 12.4. The molecule has 5 nitrogen and oxygen atoms in total. The summed E-state index contributed by atoms with van der Waals surface area (Å²) in [4.78, 5) is 34.8. The summed E-state index contributed by atoms with van der Waals surface area (Å²) < 4.78 is 0. The Balaban J connectivity index is 2.38. The Morgan fingerprint density at radius 2 is 1.15 bits per heavy atom. The molecule has 98 valence electrons. The summed E-state index contributed by atoms with van der Waals surface area (Å²) in [6.45, 7) is 0. The lowest BCUT2D eigenvalue weighted by molar-refractivity contribution is 0.0686. The first-order valence-corrected chi connectivity index (χ1v) is 5.80. The highest BCUT2D eigenvalue weighted by molar-refractivity contribution is 6.27. The van der Waals surface area contributed by atoms with E-state index in [1.165, 1.54) is 24.3 Å². The first kappa shape index (κ1) is 12.1. The zero-order valence-electron chi connectivity index (χ0n) is 10.1. The number of carbonyl (C=O) groups excluding carboxylic acids is 1. The Labute approximate surface area is 113 Å². The largest absolute Gasteiger partial charge is 0.478 e. The number of fused-ring (bicyclic) bond motifs is 3. The fourth-order valence-electron chi connectivity index (χ4n) is 2.52. The van der Waals surface area contributed by atoms with E-state index in [2.05, 4.69) is 0 Å². The summed E-state index contributed by atoms with van der Waals surface area (Å²) in [5, 5.41) is 18.3. The highest BCUT2D eigenvalue weighted by atomic mass is 16.4. The molecule has 0 saturated carbocycles. The number of carboxylic acid groups (broad SMARTS) is 2. The standard InChI is InChI=1S/C15H8O5/c16-13-11-7(3-1-5-9(11)14(17)18)8-4-2-6-10(12(8)13)15(19)20/h1-6H,(H,17,18)(H,19,20). The highest BCUT2D eigenvalue weighted by Crippen LogP contribution is 2.39. The van der Waals surface area contributed by atoms with Gasteiger partial charge in [0.15, 0.2) is 5.78 Å². The van der Waals surface area contributed by atoms with E-state index in [1.807, 2.05) is 0 Å². The maximum absolute atomic E-state index is 12.4. The molecule has 0 heterocycles. The second kappa shape index (κ2) is 4.03. The fourth-order valence-corrected chi connectivity index (χ4v) is 2.52. The molecule has 0 spiro atoms. The summed E-state index contributed by atoms with van der Waals surface area (Å²) in [5.41, 5.74) is 0.827. The number of carbonyl (C=O) groups is 3. The van der Waals surface area contributed by atoms with Crippen molar-refractivity contribution in [2.75, 3.05) is 0 Å². The molecule has 0 fully saturated rings. The van der Waals surface area contributed by atoms with Crippen LogP contribution in [0.5, 0.6) is 0 Å². The Morgan fingerprint density at radius 3 is 1.50 bits per heavy atom. The van der Waals surface area contributed by atoms with Gasteiger partial charge in [-0.2, -0.15) is 0 Å². The molecule has 2 N–H and O–H groups in total. The molecule has 1 aliphatic carbocycles. The van der Waals surface area contributed by atoms with Gasteiger partial charge < -0.3 is 10.2 Å². The van der Waals surface area contributed by atoms with Crippen LogP contribution >= 0.6 is 0 Å². The third kappa shape index (κ3) is 1.46. The minimum absolute atomic E-state index is 0.0590. The molecule has 0 atom stereocenters. The SMILES string of the molecule is O=C(O)c1cccc2c1C(=O)c1c(C(=O)O)cccc1-2. The zero-order chi connectivity index (χ0) is 14.4. The predicted molar refractivity (Wildman–Crippen MR) is 69.2 cm³/mol. The molecule has 0 unspecified atom stereocenters. The number of rotatable bonds is 2. The van der Waals surface area contributed by atoms with E-state index >= 15 is 0 Å². The van der Waals surface area contributed by atoms with E-state index in [9.17, 15) is 14.4 Å². The molecular formula is C15H8O5. The van der Waals surface area contributed by atoms with Crippen molar-refractivity contribution < 1.29 is 24.6 Å². The van der Waals surface area contributed by atoms with Gasteiger partial charge in [0, 0.05) is 11.1 Å². The number of hydrogen-bond acceptors (Lipinski definition) is 3.